The summed E-state index contributed by atoms with van der Waals surface area (Å²) < 4.78 is 15.8. The molecule has 0 bridgehead atoms. The summed E-state index contributed by atoms with van der Waals surface area (Å²) in [7, 11) is 0. The Balaban J connectivity index is 1.31. The molecule has 0 spiro atoms. The fourth-order valence-electron chi connectivity index (χ4n) is 2.12. The average Bonchev–Trinajstić information content (AvgIpc) is 2.98. The van der Waals surface area contributed by atoms with Crippen molar-refractivity contribution in [3.63, 3.8) is 0 Å². The smallest absolute Gasteiger partial charge is 0.246 e. The van der Waals surface area contributed by atoms with Crippen LogP contribution < -0.4 is 5.32 Å². The SMILES string of the molecule is O=C(COCC1CCCO1)NCc1noc(C2CC2)n1. The number of aromatic nitrogens is 2. The molecule has 2 fully saturated rings. The van der Waals surface area contributed by atoms with E-state index in [1.54, 1.807) is 0 Å². The van der Waals surface area contributed by atoms with Crippen LogP contribution in [-0.2, 0) is 20.8 Å². The molecule has 0 aromatic carbocycles. The maximum atomic E-state index is 11.6. The van der Waals surface area contributed by atoms with E-state index >= 15 is 0 Å². The molecule has 110 valence electrons. The highest BCUT2D eigenvalue weighted by Crippen LogP contribution is 2.38. The van der Waals surface area contributed by atoms with Gasteiger partial charge in [-0.2, -0.15) is 4.98 Å². The zero-order valence-electron chi connectivity index (χ0n) is 11.3. The van der Waals surface area contributed by atoms with Crippen LogP contribution in [0.5, 0.6) is 0 Å². The lowest BCUT2D eigenvalue weighted by atomic mass is 10.2. The first-order valence-electron chi connectivity index (χ1n) is 7.10. The van der Waals surface area contributed by atoms with Crippen LogP contribution in [0.4, 0.5) is 0 Å². The van der Waals surface area contributed by atoms with Gasteiger partial charge in [-0.1, -0.05) is 5.16 Å². The van der Waals surface area contributed by atoms with Crippen molar-refractivity contribution in [3.05, 3.63) is 11.7 Å². The quantitative estimate of drug-likeness (QED) is 0.794. The molecule has 1 saturated carbocycles. The molecule has 1 saturated heterocycles. The first-order valence-corrected chi connectivity index (χ1v) is 7.10. The van der Waals surface area contributed by atoms with Crippen molar-refractivity contribution in [1.82, 2.24) is 15.5 Å². The van der Waals surface area contributed by atoms with Gasteiger partial charge in [0, 0.05) is 12.5 Å². The zero-order valence-corrected chi connectivity index (χ0v) is 11.3. The van der Waals surface area contributed by atoms with Crippen molar-refractivity contribution in [2.75, 3.05) is 19.8 Å². The Morgan fingerprint density at radius 3 is 3.05 bits per heavy atom. The summed E-state index contributed by atoms with van der Waals surface area (Å²) >= 11 is 0. The highest BCUT2D eigenvalue weighted by atomic mass is 16.5. The third kappa shape index (κ3) is 3.77. The number of hydrogen-bond donors (Lipinski definition) is 1. The molecule has 1 N–H and O–H groups in total. The fourth-order valence-corrected chi connectivity index (χ4v) is 2.12. The number of rotatable bonds is 7. The monoisotopic (exact) mass is 281 g/mol. The van der Waals surface area contributed by atoms with Crippen LogP contribution in [0, 0.1) is 0 Å². The van der Waals surface area contributed by atoms with E-state index in [0.717, 1.165) is 32.3 Å². The van der Waals surface area contributed by atoms with Gasteiger partial charge in [-0.15, -0.1) is 0 Å². The number of carbonyl (C=O) groups is 1. The lowest BCUT2D eigenvalue weighted by Gasteiger charge is -2.09. The Labute approximate surface area is 117 Å². The lowest BCUT2D eigenvalue weighted by molar-refractivity contribution is -0.127. The van der Waals surface area contributed by atoms with Crippen LogP contribution >= 0.6 is 0 Å². The Hall–Kier alpha value is -1.47. The Morgan fingerprint density at radius 1 is 1.40 bits per heavy atom. The predicted molar refractivity (Wildman–Crippen MR) is 67.9 cm³/mol. The van der Waals surface area contributed by atoms with Crippen molar-refractivity contribution in [2.45, 2.75) is 44.2 Å². The molecule has 1 aliphatic heterocycles. The van der Waals surface area contributed by atoms with Crippen LogP contribution in [0.15, 0.2) is 4.52 Å². The van der Waals surface area contributed by atoms with Crippen molar-refractivity contribution >= 4 is 5.91 Å². The van der Waals surface area contributed by atoms with Crippen LogP contribution in [0.2, 0.25) is 0 Å². The molecule has 7 heteroatoms. The number of carbonyl (C=O) groups excluding carboxylic acids is 1. The highest BCUT2D eigenvalue weighted by molar-refractivity contribution is 5.77. The molecule has 1 aromatic rings. The van der Waals surface area contributed by atoms with Crippen molar-refractivity contribution in [3.8, 4) is 0 Å². The predicted octanol–water partition coefficient (Wildman–Crippen LogP) is 0.759. The number of ether oxygens (including phenoxy) is 2. The summed E-state index contributed by atoms with van der Waals surface area (Å²) in [6, 6.07) is 0. The molecule has 2 aliphatic rings. The molecule has 1 atom stereocenters. The van der Waals surface area contributed by atoms with E-state index in [9.17, 15) is 4.79 Å². The van der Waals surface area contributed by atoms with Gasteiger partial charge in [-0.3, -0.25) is 4.79 Å². The van der Waals surface area contributed by atoms with Gasteiger partial charge in [0.25, 0.3) is 0 Å². The summed E-state index contributed by atoms with van der Waals surface area (Å²) in [4.78, 5) is 15.8. The van der Waals surface area contributed by atoms with Gasteiger partial charge in [-0.25, -0.2) is 0 Å². The van der Waals surface area contributed by atoms with Gasteiger partial charge in [0.15, 0.2) is 5.82 Å². The molecule has 20 heavy (non-hydrogen) atoms. The van der Waals surface area contributed by atoms with E-state index in [1.165, 1.54) is 0 Å². The van der Waals surface area contributed by atoms with Gasteiger partial charge in [0.05, 0.1) is 19.3 Å². The van der Waals surface area contributed by atoms with Gasteiger partial charge >= 0.3 is 0 Å². The number of amides is 1. The van der Waals surface area contributed by atoms with Crippen LogP contribution in [-0.4, -0.2) is 42.0 Å². The van der Waals surface area contributed by atoms with Crippen LogP contribution in [0.1, 0.15) is 43.3 Å². The Kier molecular flexibility index (Phi) is 4.27. The molecular formula is C13H19N3O4. The summed E-state index contributed by atoms with van der Waals surface area (Å²) in [5.41, 5.74) is 0. The van der Waals surface area contributed by atoms with E-state index < -0.39 is 0 Å². The number of hydrogen-bond acceptors (Lipinski definition) is 6. The van der Waals surface area contributed by atoms with Gasteiger partial charge in [-0.05, 0) is 25.7 Å². The first-order chi connectivity index (χ1) is 9.81. The van der Waals surface area contributed by atoms with Crippen molar-refractivity contribution in [1.29, 1.82) is 0 Å². The first kappa shape index (κ1) is 13.5. The minimum Gasteiger partial charge on any atom is -0.376 e. The maximum Gasteiger partial charge on any atom is 0.246 e. The minimum atomic E-state index is -0.180. The molecule has 3 rings (SSSR count). The van der Waals surface area contributed by atoms with E-state index in [-0.39, 0.29) is 25.2 Å². The molecular weight excluding hydrogens is 262 g/mol. The largest absolute Gasteiger partial charge is 0.376 e. The topological polar surface area (TPSA) is 86.5 Å². The highest BCUT2D eigenvalue weighted by Gasteiger charge is 2.29. The van der Waals surface area contributed by atoms with E-state index in [4.69, 9.17) is 14.0 Å². The molecule has 1 aromatic heterocycles. The van der Waals surface area contributed by atoms with E-state index in [2.05, 4.69) is 15.5 Å². The summed E-state index contributed by atoms with van der Waals surface area (Å²) in [5.74, 6) is 1.45. The summed E-state index contributed by atoms with van der Waals surface area (Å²) in [6.45, 7) is 1.58. The molecule has 2 heterocycles. The van der Waals surface area contributed by atoms with Crippen LogP contribution in [0.3, 0.4) is 0 Å². The van der Waals surface area contributed by atoms with Gasteiger partial charge in [0.2, 0.25) is 11.8 Å². The molecule has 1 amide bonds. The fraction of sp³-hybridized carbons (Fsp3) is 0.769. The zero-order chi connectivity index (χ0) is 13.8. The number of nitrogens with zero attached hydrogens (tertiary/aromatic N) is 2. The summed E-state index contributed by atoms with van der Waals surface area (Å²) in [6.07, 6.45) is 4.45. The van der Waals surface area contributed by atoms with E-state index in [1.807, 2.05) is 0 Å². The Morgan fingerprint density at radius 2 is 2.30 bits per heavy atom. The standard InChI is InChI=1S/C13H19N3O4/c17-12(8-18-7-10-2-1-5-19-10)14-6-11-15-13(20-16-11)9-3-4-9/h9-10H,1-8H2,(H,14,17). The second kappa shape index (κ2) is 6.32. The normalized spacial score (nSPS) is 22.1. The van der Waals surface area contributed by atoms with Crippen molar-refractivity contribution < 1.29 is 18.8 Å². The van der Waals surface area contributed by atoms with Crippen molar-refractivity contribution in [2.24, 2.45) is 0 Å². The third-order valence-corrected chi connectivity index (χ3v) is 3.41. The second-order valence-corrected chi connectivity index (χ2v) is 5.25. The van der Waals surface area contributed by atoms with Gasteiger partial charge in [0.1, 0.15) is 6.61 Å². The van der Waals surface area contributed by atoms with E-state index in [0.29, 0.717) is 24.2 Å². The Bertz CT molecular complexity index is 452. The molecule has 1 unspecified atom stereocenters. The average molecular weight is 281 g/mol. The van der Waals surface area contributed by atoms with Gasteiger partial charge < -0.3 is 19.3 Å². The molecule has 0 radical (unpaired) electrons. The second-order valence-electron chi connectivity index (χ2n) is 5.25. The molecule has 1 aliphatic carbocycles. The number of nitrogens with one attached hydrogen (secondary N) is 1. The molecule has 7 nitrogen and oxygen atoms in total. The lowest BCUT2D eigenvalue weighted by Crippen LogP contribution is -2.29. The summed E-state index contributed by atoms with van der Waals surface area (Å²) in [5, 5.41) is 6.54. The third-order valence-electron chi connectivity index (χ3n) is 3.41. The maximum absolute atomic E-state index is 11.6. The minimum absolute atomic E-state index is 0.0349. The van der Waals surface area contributed by atoms with Crippen LogP contribution in [0.25, 0.3) is 0 Å².